The molecule has 12 heteroatoms. The lowest BCUT2D eigenvalue weighted by atomic mass is 10.2. The first-order valence-electron chi connectivity index (χ1n) is 9.62. The van der Waals surface area contributed by atoms with E-state index in [1.165, 1.54) is 15.4 Å². The summed E-state index contributed by atoms with van der Waals surface area (Å²) in [6.45, 7) is 3.83. The summed E-state index contributed by atoms with van der Waals surface area (Å²) in [6.07, 6.45) is 3.23. The standard InChI is InChI=1S/C20H19ClN8O3/c1-13-18(29(31)32)14(2)28(23-13)12-26-9-8-17(24-26)20(30)22-19-16(21)11-27(25-19)10-15-6-4-3-5-7-15/h3-9,11H,10,12H2,1-2H3,(H,22,25,30). The van der Waals surface area contributed by atoms with Crippen LogP contribution in [0.15, 0.2) is 48.8 Å². The Kier molecular flexibility index (Phi) is 5.73. The van der Waals surface area contributed by atoms with E-state index in [4.69, 9.17) is 11.6 Å². The predicted octanol–water partition coefficient (Wildman–Crippen LogP) is 3.26. The molecule has 0 aliphatic heterocycles. The summed E-state index contributed by atoms with van der Waals surface area (Å²) in [6, 6.07) is 11.3. The minimum Gasteiger partial charge on any atom is -0.302 e. The molecule has 1 aromatic carbocycles. The van der Waals surface area contributed by atoms with Crippen molar-refractivity contribution in [2.75, 3.05) is 5.32 Å². The number of nitrogens with zero attached hydrogens (tertiary/aromatic N) is 7. The molecule has 0 atom stereocenters. The van der Waals surface area contributed by atoms with Gasteiger partial charge in [-0.05, 0) is 25.5 Å². The van der Waals surface area contributed by atoms with Crippen LogP contribution >= 0.6 is 11.6 Å². The smallest absolute Gasteiger partial charge is 0.302 e. The van der Waals surface area contributed by atoms with Crippen LogP contribution in [0.4, 0.5) is 11.5 Å². The van der Waals surface area contributed by atoms with Crippen molar-refractivity contribution in [3.63, 3.8) is 0 Å². The Morgan fingerprint density at radius 2 is 1.88 bits per heavy atom. The van der Waals surface area contributed by atoms with E-state index in [0.717, 1.165) is 5.56 Å². The van der Waals surface area contributed by atoms with Crippen molar-refractivity contribution in [2.24, 2.45) is 0 Å². The summed E-state index contributed by atoms with van der Waals surface area (Å²) >= 11 is 6.23. The van der Waals surface area contributed by atoms with Crippen LogP contribution < -0.4 is 5.32 Å². The summed E-state index contributed by atoms with van der Waals surface area (Å²) < 4.78 is 4.57. The quantitative estimate of drug-likeness (QED) is 0.337. The lowest BCUT2D eigenvalue weighted by Crippen LogP contribution is -2.16. The molecule has 0 spiro atoms. The van der Waals surface area contributed by atoms with Crippen molar-refractivity contribution in [3.05, 3.63) is 86.6 Å². The lowest BCUT2D eigenvalue weighted by molar-refractivity contribution is -0.386. The molecule has 0 bridgehead atoms. The van der Waals surface area contributed by atoms with Gasteiger partial charge in [0.2, 0.25) is 0 Å². The van der Waals surface area contributed by atoms with Gasteiger partial charge in [-0.3, -0.25) is 24.3 Å². The Morgan fingerprint density at radius 1 is 1.12 bits per heavy atom. The van der Waals surface area contributed by atoms with Crippen LogP contribution in [-0.4, -0.2) is 40.2 Å². The second-order valence-corrected chi connectivity index (χ2v) is 7.53. The summed E-state index contributed by atoms with van der Waals surface area (Å²) in [5.74, 6) is -0.244. The molecule has 0 fully saturated rings. The van der Waals surface area contributed by atoms with Crippen molar-refractivity contribution < 1.29 is 9.72 Å². The zero-order chi connectivity index (χ0) is 22.8. The third-order valence-corrected chi connectivity index (χ3v) is 5.09. The van der Waals surface area contributed by atoms with E-state index >= 15 is 0 Å². The molecule has 1 N–H and O–H groups in total. The molecule has 0 aliphatic rings. The molecule has 1 amide bonds. The maximum atomic E-state index is 12.6. The van der Waals surface area contributed by atoms with E-state index in [1.807, 2.05) is 30.3 Å². The number of nitro groups is 1. The molecule has 3 heterocycles. The van der Waals surface area contributed by atoms with Gasteiger partial charge in [-0.15, -0.1) is 0 Å². The van der Waals surface area contributed by atoms with Gasteiger partial charge in [-0.25, -0.2) is 4.68 Å². The van der Waals surface area contributed by atoms with Gasteiger partial charge in [0.05, 0.1) is 11.5 Å². The molecule has 3 aromatic heterocycles. The molecule has 0 aliphatic carbocycles. The molecule has 0 radical (unpaired) electrons. The topological polar surface area (TPSA) is 126 Å². The van der Waals surface area contributed by atoms with Gasteiger partial charge in [-0.1, -0.05) is 41.9 Å². The second-order valence-electron chi connectivity index (χ2n) is 7.12. The van der Waals surface area contributed by atoms with Crippen molar-refractivity contribution in [1.82, 2.24) is 29.3 Å². The van der Waals surface area contributed by atoms with E-state index in [9.17, 15) is 14.9 Å². The van der Waals surface area contributed by atoms with Crippen LogP contribution in [0.2, 0.25) is 5.02 Å². The summed E-state index contributed by atoms with van der Waals surface area (Å²) in [5.41, 5.74) is 1.89. The first-order valence-corrected chi connectivity index (χ1v) is 9.99. The number of benzene rings is 1. The van der Waals surface area contributed by atoms with Crippen molar-refractivity contribution in [1.29, 1.82) is 0 Å². The number of amides is 1. The van der Waals surface area contributed by atoms with Gasteiger partial charge in [-0.2, -0.15) is 15.3 Å². The van der Waals surface area contributed by atoms with Crippen LogP contribution in [0.3, 0.4) is 0 Å². The van der Waals surface area contributed by atoms with Crippen molar-refractivity contribution in [2.45, 2.75) is 27.1 Å². The lowest BCUT2D eigenvalue weighted by Gasteiger charge is -2.04. The van der Waals surface area contributed by atoms with Gasteiger partial charge < -0.3 is 5.32 Å². The largest absolute Gasteiger partial charge is 0.312 e. The molecule has 11 nitrogen and oxygen atoms in total. The van der Waals surface area contributed by atoms with Gasteiger partial charge in [0.1, 0.15) is 23.1 Å². The molecular formula is C20H19ClN8O3. The highest BCUT2D eigenvalue weighted by Crippen LogP contribution is 2.22. The monoisotopic (exact) mass is 454 g/mol. The molecule has 164 valence electrons. The molecule has 32 heavy (non-hydrogen) atoms. The third-order valence-electron chi connectivity index (χ3n) is 4.81. The number of anilines is 1. The van der Waals surface area contributed by atoms with Gasteiger partial charge in [0.25, 0.3) is 5.91 Å². The van der Waals surface area contributed by atoms with Gasteiger partial charge in [0, 0.05) is 12.4 Å². The number of aromatic nitrogens is 6. The van der Waals surface area contributed by atoms with Crippen LogP contribution in [0, 0.1) is 24.0 Å². The van der Waals surface area contributed by atoms with Crippen LogP contribution in [0.25, 0.3) is 0 Å². The Labute approximate surface area is 187 Å². The number of nitrogens with one attached hydrogen (secondary N) is 1. The minimum atomic E-state index is -0.477. The summed E-state index contributed by atoms with van der Waals surface area (Å²) in [4.78, 5) is 23.3. The van der Waals surface area contributed by atoms with E-state index in [1.54, 1.807) is 30.9 Å². The number of rotatable bonds is 7. The Morgan fingerprint density at radius 3 is 2.56 bits per heavy atom. The molecule has 0 saturated carbocycles. The number of halogens is 1. The highest BCUT2D eigenvalue weighted by molar-refractivity contribution is 6.33. The van der Waals surface area contributed by atoms with E-state index in [-0.39, 0.29) is 23.9 Å². The van der Waals surface area contributed by atoms with Crippen molar-refractivity contribution in [3.8, 4) is 0 Å². The van der Waals surface area contributed by atoms with E-state index < -0.39 is 10.8 Å². The molecular weight excluding hydrogens is 436 g/mol. The highest BCUT2D eigenvalue weighted by atomic mass is 35.5. The SMILES string of the molecule is Cc1nn(Cn2ccc(C(=O)Nc3nn(Cc4ccccc4)cc3Cl)n2)c(C)c1[N+](=O)[O-]. The first-order chi connectivity index (χ1) is 15.3. The molecule has 0 saturated heterocycles. The zero-order valence-electron chi connectivity index (χ0n) is 17.3. The van der Waals surface area contributed by atoms with Crippen LogP contribution in [0.5, 0.6) is 0 Å². The maximum absolute atomic E-state index is 12.6. The first kappa shape index (κ1) is 21.2. The highest BCUT2D eigenvalue weighted by Gasteiger charge is 2.22. The predicted molar refractivity (Wildman–Crippen MR) is 117 cm³/mol. The average Bonchev–Trinajstić information content (AvgIpc) is 3.41. The Bertz CT molecular complexity index is 1290. The number of aryl methyl sites for hydroxylation is 1. The minimum absolute atomic E-state index is 0.0316. The molecule has 4 rings (SSSR count). The van der Waals surface area contributed by atoms with Crippen LogP contribution in [-0.2, 0) is 13.2 Å². The number of carbonyl (C=O) groups is 1. The number of hydrogen-bond donors (Lipinski definition) is 1. The third kappa shape index (κ3) is 4.37. The Hall–Kier alpha value is -3.99. The molecule has 4 aromatic rings. The fraction of sp³-hybridized carbons (Fsp3) is 0.200. The van der Waals surface area contributed by atoms with Crippen molar-refractivity contribution >= 4 is 29.0 Å². The van der Waals surface area contributed by atoms with E-state index in [0.29, 0.717) is 23.0 Å². The maximum Gasteiger partial charge on any atom is 0.312 e. The summed E-state index contributed by atoms with van der Waals surface area (Å²) in [7, 11) is 0. The average molecular weight is 455 g/mol. The fourth-order valence-corrected chi connectivity index (χ4v) is 3.49. The molecule has 0 unspecified atom stereocenters. The summed E-state index contributed by atoms with van der Waals surface area (Å²) in [5, 5.41) is 26.9. The second kappa shape index (κ2) is 8.63. The fourth-order valence-electron chi connectivity index (χ4n) is 3.29. The number of carbonyl (C=O) groups excluding carboxylic acids is 1. The van der Waals surface area contributed by atoms with Gasteiger partial charge in [0.15, 0.2) is 11.5 Å². The number of hydrogen-bond acceptors (Lipinski definition) is 6. The normalized spacial score (nSPS) is 11.0. The van der Waals surface area contributed by atoms with Gasteiger partial charge >= 0.3 is 5.69 Å². The zero-order valence-corrected chi connectivity index (χ0v) is 18.0. The van der Waals surface area contributed by atoms with Crippen LogP contribution in [0.1, 0.15) is 27.4 Å². The van der Waals surface area contributed by atoms with E-state index in [2.05, 4.69) is 20.6 Å². The Balaban J connectivity index is 1.45.